The third kappa shape index (κ3) is 4.97. The van der Waals surface area contributed by atoms with Crippen molar-refractivity contribution in [2.45, 2.75) is 39.8 Å². The lowest BCUT2D eigenvalue weighted by Crippen LogP contribution is -2.31. The number of rotatable bonds is 6. The fourth-order valence-electron chi connectivity index (χ4n) is 1.83. The zero-order valence-corrected chi connectivity index (χ0v) is 12.7. The number of benzene rings is 1. The number of hydrogen-bond acceptors (Lipinski definition) is 2. The Morgan fingerprint density at radius 1 is 1.33 bits per heavy atom. The first kappa shape index (κ1) is 15.5. The summed E-state index contributed by atoms with van der Waals surface area (Å²) in [6.45, 7) is 8.31. The molecule has 18 heavy (non-hydrogen) atoms. The van der Waals surface area contributed by atoms with Gasteiger partial charge in [0.25, 0.3) is 0 Å². The van der Waals surface area contributed by atoms with Crippen LogP contribution in [-0.4, -0.2) is 24.5 Å². The molecule has 0 aromatic heterocycles. The van der Waals surface area contributed by atoms with Crippen LogP contribution in [0.2, 0.25) is 5.02 Å². The predicted molar refractivity (Wildman–Crippen MR) is 80.0 cm³/mol. The van der Waals surface area contributed by atoms with Gasteiger partial charge in [-0.2, -0.15) is 0 Å². The number of hydrogen-bond donors (Lipinski definition) is 1. The van der Waals surface area contributed by atoms with Crippen LogP contribution in [0, 0.1) is 12.8 Å². The summed E-state index contributed by atoms with van der Waals surface area (Å²) in [5.74, 6) is 0.548. The smallest absolute Gasteiger partial charge is 0.0438 e. The van der Waals surface area contributed by atoms with Crippen molar-refractivity contribution in [2.75, 3.05) is 13.6 Å². The maximum atomic E-state index is 6.13. The minimum Gasteiger partial charge on any atom is -0.327 e. The highest BCUT2D eigenvalue weighted by Gasteiger charge is 2.09. The van der Waals surface area contributed by atoms with E-state index in [2.05, 4.69) is 44.0 Å². The third-order valence-corrected chi connectivity index (χ3v) is 3.80. The Morgan fingerprint density at radius 3 is 2.56 bits per heavy atom. The van der Waals surface area contributed by atoms with Gasteiger partial charge < -0.3 is 10.6 Å². The Morgan fingerprint density at radius 2 is 2.00 bits per heavy atom. The van der Waals surface area contributed by atoms with Gasteiger partial charge in [0.15, 0.2) is 0 Å². The third-order valence-electron chi connectivity index (χ3n) is 3.39. The molecule has 0 fully saturated rings. The molecule has 0 bridgehead atoms. The average molecular weight is 269 g/mol. The molecule has 102 valence electrons. The van der Waals surface area contributed by atoms with Gasteiger partial charge in [-0.1, -0.05) is 37.6 Å². The molecule has 0 spiro atoms. The highest BCUT2D eigenvalue weighted by Crippen LogP contribution is 2.17. The van der Waals surface area contributed by atoms with Crippen LogP contribution in [-0.2, 0) is 6.54 Å². The second kappa shape index (κ2) is 7.13. The maximum Gasteiger partial charge on any atom is 0.0438 e. The van der Waals surface area contributed by atoms with Gasteiger partial charge in [0.05, 0.1) is 0 Å². The first-order chi connectivity index (χ1) is 8.40. The fraction of sp³-hybridized carbons (Fsp3) is 0.600. The second-order valence-corrected chi connectivity index (χ2v) is 5.93. The molecule has 0 amide bonds. The van der Waals surface area contributed by atoms with Gasteiger partial charge in [0.1, 0.15) is 0 Å². The highest BCUT2D eigenvalue weighted by atomic mass is 35.5. The van der Waals surface area contributed by atoms with E-state index < -0.39 is 0 Å². The highest BCUT2D eigenvalue weighted by molar-refractivity contribution is 6.31. The molecule has 0 heterocycles. The van der Waals surface area contributed by atoms with E-state index in [1.807, 2.05) is 6.92 Å². The quantitative estimate of drug-likeness (QED) is 0.856. The van der Waals surface area contributed by atoms with Crippen molar-refractivity contribution in [3.63, 3.8) is 0 Å². The molecule has 0 saturated carbocycles. The summed E-state index contributed by atoms with van der Waals surface area (Å²) in [6, 6.07) is 6.55. The van der Waals surface area contributed by atoms with E-state index in [0.29, 0.717) is 5.92 Å². The minimum atomic E-state index is 0.286. The van der Waals surface area contributed by atoms with Crippen LogP contribution in [0.15, 0.2) is 18.2 Å². The normalized spacial score (nSPS) is 13.3. The number of nitrogens with zero attached hydrogens (tertiary/aromatic N) is 1. The molecule has 2 N–H and O–H groups in total. The maximum absolute atomic E-state index is 6.13. The van der Waals surface area contributed by atoms with Gasteiger partial charge >= 0.3 is 0 Å². The molecule has 2 nitrogen and oxygen atoms in total. The summed E-state index contributed by atoms with van der Waals surface area (Å²) in [6.07, 6.45) is 1.04. The van der Waals surface area contributed by atoms with Crippen LogP contribution in [0.1, 0.15) is 31.4 Å². The summed E-state index contributed by atoms with van der Waals surface area (Å²) in [7, 11) is 2.13. The Labute approximate surface area is 116 Å². The number of halogens is 1. The Hall–Kier alpha value is -0.570. The van der Waals surface area contributed by atoms with E-state index in [0.717, 1.165) is 30.1 Å². The Kier molecular flexibility index (Phi) is 6.13. The van der Waals surface area contributed by atoms with Gasteiger partial charge in [-0.3, -0.25) is 0 Å². The first-order valence-corrected chi connectivity index (χ1v) is 6.97. The van der Waals surface area contributed by atoms with E-state index in [-0.39, 0.29) is 6.04 Å². The fourth-order valence-corrected chi connectivity index (χ4v) is 2.03. The van der Waals surface area contributed by atoms with Crippen LogP contribution in [0.5, 0.6) is 0 Å². The molecule has 0 aliphatic heterocycles. The van der Waals surface area contributed by atoms with Crippen molar-refractivity contribution in [1.29, 1.82) is 0 Å². The van der Waals surface area contributed by atoms with E-state index in [4.69, 9.17) is 17.3 Å². The number of aryl methyl sites for hydroxylation is 1. The van der Waals surface area contributed by atoms with Crippen molar-refractivity contribution in [3.8, 4) is 0 Å². The molecule has 0 aliphatic rings. The van der Waals surface area contributed by atoms with Crippen LogP contribution in [0.25, 0.3) is 0 Å². The van der Waals surface area contributed by atoms with E-state index in [1.165, 1.54) is 5.56 Å². The lowest BCUT2D eigenvalue weighted by Gasteiger charge is -2.21. The molecule has 0 aliphatic carbocycles. The van der Waals surface area contributed by atoms with Crippen molar-refractivity contribution < 1.29 is 0 Å². The summed E-state index contributed by atoms with van der Waals surface area (Å²) < 4.78 is 0. The SMILES string of the molecule is Cc1ccc(CN(C)CCC(N)C(C)C)cc1Cl. The van der Waals surface area contributed by atoms with Crippen LogP contribution in [0.4, 0.5) is 0 Å². The standard InChI is InChI=1S/C15H25ClN2/c1-11(2)15(17)7-8-18(4)10-13-6-5-12(3)14(16)9-13/h5-6,9,11,15H,7-8,10,17H2,1-4H3. The molecular formula is C15H25ClN2. The summed E-state index contributed by atoms with van der Waals surface area (Å²) >= 11 is 6.13. The summed E-state index contributed by atoms with van der Waals surface area (Å²) in [5, 5.41) is 0.847. The van der Waals surface area contributed by atoms with E-state index in [1.54, 1.807) is 0 Å². The van der Waals surface area contributed by atoms with E-state index >= 15 is 0 Å². The van der Waals surface area contributed by atoms with Gasteiger partial charge in [-0.25, -0.2) is 0 Å². The topological polar surface area (TPSA) is 29.3 Å². The van der Waals surface area contributed by atoms with Crippen LogP contribution in [0.3, 0.4) is 0 Å². The molecule has 1 rings (SSSR count). The molecule has 1 aromatic rings. The number of nitrogens with two attached hydrogens (primary N) is 1. The van der Waals surface area contributed by atoms with Gasteiger partial charge in [-0.15, -0.1) is 0 Å². The van der Waals surface area contributed by atoms with Gasteiger partial charge in [0.2, 0.25) is 0 Å². The molecule has 0 saturated heterocycles. The minimum absolute atomic E-state index is 0.286. The van der Waals surface area contributed by atoms with Crippen molar-refractivity contribution in [1.82, 2.24) is 4.90 Å². The Balaban J connectivity index is 2.44. The van der Waals surface area contributed by atoms with Gasteiger partial charge in [-0.05, 0) is 50.0 Å². The molecule has 1 aromatic carbocycles. The zero-order chi connectivity index (χ0) is 13.7. The van der Waals surface area contributed by atoms with Crippen molar-refractivity contribution in [3.05, 3.63) is 34.3 Å². The summed E-state index contributed by atoms with van der Waals surface area (Å²) in [5.41, 5.74) is 8.44. The molecule has 1 unspecified atom stereocenters. The zero-order valence-electron chi connectivity index (χ0n) is 11.9. The first-order valence-electron chi connectivity index (χ1n) is 6.59. The second-order valence-electron chi connectivity index (χ2n) is 5.52. The lowest BCUT2D eigenvalue weighted by molar-refractivity contribution is 0.296. The Bertz CT molecular complexity index is 377. The molecular weight excluding hydrogens is 244 g/mol. The summed E-state index contributed by atoms with van der Waals surface area (Å²) in [4.78, 5) is 2.29. The van der Waals surface area contributed by atoms with Crippen molar-refractivity contribution in [2.24, 2.45) is 11.7 Å². The lowest BCUT2D eigenvalue weighted by atomic mass is 10.0. The van der Waals surface area contributed by atoms with Crippen LogP contribution < -0.4 is 5.73 Å². The van der Waals surface area contributed by atoms with E-state index in [9.17, 15) is 0 Å². The molecule has 1 atom stereocenters. The monoisotopic (exact) mass is 268 g/mol. The predicted octanol–water partition coefficient (Wildman–Crippen LogP) is 3.45. The molecule has 0 radical (unpaired) electrons. The molecule has 3 heteroatoms. The average Bonchev–Trinajstić information content (AvgIpc) is 2.30. The van der Waals surface area contributed by atoms with Crippen molar-refractivity contribution >= 4 is 11.6 Å². The van der Waals surface area contributed by atoms with Crippen LogP contribution >= 0.6 is 11.6 Å². The largest absolute Gasteiger partial charge is 0.327 e. The van der Waals surface area contributed by atoms with Gasteiger partial charge in [0, 0.05) is 17.6 Å².